The topological polar surface area (TPSA) is 91.1 Å². The molecule has 0 heterocycles. The lowest BCUT2D eigenvalue weighted by Gasteiger charge is -2.21. The predicted octanol–water partition coefficient (Wildman–Crippen LogP) is 4.02. The molecule has 1 unspecified atom stereocenters. The van der Waals surface area contributed by atoms with E-state index in [0.717, 1.165) is 24.6 Å². The van der Waals surface area contributed by atoms with Gasteiger partial charge in [0, 0.05) is 12.6 Å². The van der Waals surface area contributed by atoms with Crippen LogP contribution in [0.5, 0.6) is 0 Å². The molecule has 0 saturated heterocycles. The van der Waals surface area contributed by atoms with Crippen molar-refractivity contribution in [3.63, 3.8) is 0 Å². The second-order valence-electron chi connectivity index (χ2n) is 6.72. The summed E-state index contributed by atoms with van der Waals surface area (Å²) in [4.78, 5) is 33.2. The van der Waals surface area contributed by atoms with Crippen LogP contribution in [0.1, 0.15) is 37.0 Å². The second-order valence-corrected chi connectivity index (χ2v) is 6.72. The van der Waals surface area contributed by atoms with E-state index in [4.69, 9.17) is 20.3 Å². The molecule has 31 heavy (non-hydrogen) atoms. The molecular formula is C21H23F3N2O5. The largest absolute Gasteiger partial charge is 0.450 e. The highest BCUT2D eigenvalue weighted by Crippen LogP contribution is 2.29. The summed E-state index contributed by atoms with van der Waals surface area (Å²) in [6.07, 6.45) is -5.40. The van der Waals surface area contributed by atoms with E-state index < -0.39 is 29.8 Å². The van der Waals surface area contributed by atoms with Crippen LogP contribution < -0.4 is 5.73 Å². The molecule has 10 heteroatoms. The van der Waals surface area contributed by atoms with Gasteiger partial charge in [0.25, 0.3) is 0 Å². The van der Waals surface area contributed by atoms with Gasteiger partial charge >= 0.3 is 18.1 Å². The summed E-state index contributed by atoms with van der Waals surface area (Å²) in [6, 6.07) is 11.3. The van der Waals surface area contributed by atoms with Crippen molar-refractivity contribution in [1.29, 1.82) is 0 Å². The third-order valence-corrected chi connectivity index (χ3v) is 4.15. The zero-order valence-electron chi connectivity index (χ0n) is 17.0. The molecule has 0 radical (unpaired) electrons. The maximum atomic E-state index is 12.8. The minimum absolute atomic E-state index is 0.0140. The highest BCUT2D eigenvalue weighted by Gasteiger charge is 2.30. The van der Waals surface area contributed by atoms with E-state index in [0.29, 0.717) is 11.3 Å². The molecule has 0 fully saturated rings. The first-order valence-corrected chi connectivity index (χ1v) is 9.39. The molecule has 0 aliphatic heterocycles. The molecule has 2 aromatic carbocycles. The zero-order valence-corrected chi connectivity index (χ0v) is 17.0. The Labute approximate surface area is 177 Å². The van der Waals surface area contributed by atoms with Crippen molar-refractivity contribution >= 4 is 17.6 Å². The minimum Gasteiger partial charge on any atom is -0.450 e. The SMILES string of the molecule is CCC(OC(C)=O)C(=O)OON(Cc1ccc(N)cc1)Cc1ccc(C(F)(F)F)cc1. The number of nitrogens with two attached hydrogens (primary N) is 1. The molecule has 0 saturated carbocycles. The van der Waals surface area contributed by atoms with Crippen LogP contribution in [0.2, 0.25) is 0 Å². The van der Waals surface area contributed by atoms with Crippen molar-refractivity contribution in [3.8, 4) is 0 Å². The van der Waals surface area contributed by atoms with Gasteiger partial charge < -0.3 is 10.5 Å². The van der Waals surface area contributed by atoms with Crippen molar-refractivity contribution < 1.29 is 37.4 Å². The number of ether oxygens (including phenoxy) is 1. The lowest BCUT2D eigenvalue weighted by atomic mass is 10.1. The first-order chi connectivity index (χ1) is 14.6. The van der Waals surface area contributed by atoms with Crippen LogP contribution in [-0.4, -0.2) is 23.1 Å². The van der Waals surface area contributed by atoms with Crippen LogP contribution in [0.3, 0.4) is 0 Å². The van der Waals surface area contributed by atoms with Crippen LogP contribution in [0.4, 0.5) is 18.9 Å². The van der Waals surface area contributed by atoms with Gasteiger partial charge in [0.15, 0.2) is 0 Å². The number of anilines is 1. The Morgan fingerprint density at radius 2 is 1.52 bits per heavy atom. The number of rotatable bonds is 9. The Morgan fingerprint density at radius 3 is 1.97 bits per heavy atom. The normalized spacial score (nSPS) is 12.5. The van der Waals surface area contributed by atoms with Crippen molar-refractivity contribution in [2.75, 3.05) is 5.73 Å². The third-order valence-electron chi connectivity index (χ3n) is 4.15. The Hall–Kier alpha value is -3.11. The quantitative estimate of drug-likeness (QED) is 0.273. The van der Waals surface area contributed by atoms with Gasteiger partial charge in [-0.2, -0.15) is 13.2 Å². The van der Waals surface area contributed by atoms with Crippen LogP contribution in [0, 0.1) is 0 Å². The molecule has 2 N–H and O–H groups in total. The molecule has 0 amide bonds. The standard InChI is InChI=1S/C21H23F3N2O5/c1-3-19(29-14(2)27)20(28)30-31-26(13-16-6-10-18(25)11-7-16)12-15-4-8-17(9-5-15)21(22,23)24/h4-11,19H,3,12-13,25H2,1-2H3. The van der Waals surface area contributed by atoms with Gasteiger partial charge in [0.1, 0.15) is 0 Å². The fourth-order valence-electron chi connectivity index (χ4n) is 2.58. The summed E-state index contributed by atoms with van der Waals surface area (Å²) in [5, 5.41) is 1.24. The summed E-state index contributed by atoms with van der Waals surface area (Å²) in [5.74, 6) is -1.56. The van der Waals surface area contributed by atoms with Gasteiger partial charge in [-0.05, 0) is 41.8 Å². The molecule has 0 aliphatic rings. The van der Waals surface area contributed by atoms with Crippen LogP contribution in [-0.2, 0) is 43.5 Å². The Morgan fingerprint density at radius 1 is 1.00 bits per heavy atom. The van der Waals surface area contributed by atoms with Crippen LogP contribution >= 0.6 is 0 Å². The Bertz CT molecular complexity index is 870. The number of hydroxylamine groups is 2. The molecule has 2 rings (SSSR count). The summed E-state index contributed by atoms with van der Waals surface area (Å²) < 4.78 is 43.2. The summed E-state index contributed by atoms with van der Waals surface area (Å²) in [5.41, 5.74) is 6.69. The highest BCUT2D eigenvalue weighted by molar-refractivity contribution is 5.78. The maximum Gasteiger partial charge on any atom is 0.416 e. The van der Waals surface area contributed by atoms with E-state index in [1.165, 1.54) is 17.2 Å². The number of hydrogen-bond acceptors (Lipinski definition) is 7. The fraction of sp³-hybridized carbons (Fsp3) is 0.333. The summed E-state index contributed by atoms with van der Waals surface area (Å²) in [6.45, 7) is 2.94. The average molecular weight is 440 g/mol. The van der Waals surface area contributed by atoms with Crippen LogP contribution in [0.25, 0.3) is 0 Å². The molecule has 168 valence electrons. The number of alkyl halides is 3. The molecule has 7 nitrogen and oxygen atoms in total. The zero-order chi connectivity index (χ0) is 23.0. The number of carbonyl (C=O) groups excluding carboxylic acids is 2. The molecular weight excluding hydrogens is 417 g/mol. The van der Waals surface area contributed by atoms with Gasteiger partial charge in [-0.25, -0.2) is 4.79 Å². The van der Waals surface area contributed by atoms with Crippen molar-refractivity contribution in [1.82, 2.24) is 5.06 Å². The number of benzene rings is 2. The van der Waals surface area contributed by atoms with Gasteiger partial charge in [0.2, 0.25) is 6.10 Å². The van der Waals surface area contributed by atoms with E-state index in [1.54, 1.807) is 31.2 Å². The van der Waals surface area contributed by atoms with Crippen molar-refractivity contribution in [3.05, 3.63) is 65.2 Å². The molecule has 1 atom stereocenters. The minimum atomic E-state index is -4.44. The average Bonchev–Trinajstić information content (AvgIpc) is 2.71. The first-order valence-electron chi connectivity index (χ1n) is 9.39. The smallest absolute Gasteiger partial charge is 0.416 e. The van der Waals surface area contributed by atoms with Gasteiger partial charge in [-0.15, -0.1) is 5.06 Å². The van der Waals surface area contributed by atoms with Gasteiger partial charge in [-0.3, -0.25) is 9.68 Å². The molecule has 0 aliphatic carbocycles. The van der Waals surface area contributed by atoms with E-state index in [1.807, 2.05) is 0 Å². The van der Waals surface area contributed by atoms with E-state index in [9.17, 15) is 22.8 Å². The monoisotopic (exact) mass is 440 g/mol. The van der Waals surface area contributed by atoms with E-state index in [-0.39, 0.29) is 19.5 Å². The van der Waals surface area contributed by atoms with Crippen LogP contribution in [0.15, 0.2) is 48.5 Å². The number of halogens is 3. The fourth-order valence-corrected chi connectivity index (χ4v) is 2.58. The molecule has 0 spiro atoms. The first kappa shape index (κ1) is 24.2. The van der Waals surface area contributed by atoms with Gasteiger partial charge in [0.05, 0.1) is 18.7 Å². The van der Waals surface area contributed by atoms with Gasteiger partial charge in [-0.1, -0.05) is 36.2 Å². The lowest BCUT2D eigenvalue weighted by Crippen LogP contribution is -2.31. The van der Waals surface area contributed by atoms with E-state index >= 15 is 0 Å². The number of hydrogen-bond donors (Lipinski definition) is 1. The number of carbonyl (C=O) groups is 2. The predicted molar refractivity (Wildman–Crippen MR) is 105 cm³/mol. The summed E-state index contributed by atoms with van der Waals surface area (Å²) >= 11 is 0. The molecule has 2 aromatic rings. The number of esters is 1. The number of nitrogens with zero attached hydrogens (tertiary/aromatic N) is 1. The second kappa shape index (κ2) is 10.8. The third kappa shape index (κ3) is 7.91. The van der Waals surface area contributed by atoms with E-state index in [2.05, 4.69) is 0 Å². The Kier molecular flexibility index (Phi) is 8.40. The van der Waals surface area contributed by atoms with Crippen molar-refractivity contribution in [2.45, 2.75) is 45.6 Å². The Balaban J connectivity index is 2.11. The summed E-state index contributed by atoms with van der Waals surface area (Å²) in [7, 11) is 0. The molecule has 0 bridgehead atoms. The lowest BCUT2D eigenvalue weighted by molar-refractivity contribution is -0.408. The molecule has 0 aromatic heterocycles. The maximum absolute atomic E-state index is 12.8. The number of nitrogen functional groups attached to an aromatic ring is 1. The van der Waals surface area contributed by atoms with Crippen molar-refractivity contribution in [2.24, 2.45) is 0 Å². The highest BCUT2D eigenvalue weighted by atomic mass is 19.4.